The molecule has 2 N–H and O–H groups in total. The van der Waals surface area contributed by atoms with Gasteiger partial charge in [-0.25, -0.2) is 0 Å². The van der Waals surface area contributed by atoms with Crippen molar-refractivity contribution in [2.45, 2.75) is 32.2 Å². The van der Waals surface area contributed by atoms with Crippen molar-refractivity contribution in [3.63, 3.8) is 0 Å². The number of nitrogens with one attached hydrogen (secondary N) is 2. The molecule has 1 atom stereocenters. The van der Waals surface area contributed by atoms with Gasteiger partial charge in [-0.05, 0) is 36.1 Å². The van der Waals surface area contributed by atoms with E-state index in [1.165, 1.54) is 0 Å². The number of hydrogen-bond donors (Lipinski definition) is 2. The molecule has 1 fully saturated rings. The van der Waals surface area contributed by atoms with E-state index in [9.17, 15) is 4.79 Å². The maximum absolute atomic E-state index is 12.1. The number of carbonyl (C=O) groups excluding carboxylic acids is 1. The van der Waals surface area contributed by atoms with Crippen LogP contribution >= 0.6 is 0 Å². The predicted molar refractivity (Wildman–Crippen MR) is 75.4 cm³/mol. The number of benzene rings is 1. The Bertz CT molecular complexity index is 485. The molecule has 1 saturated heterocycles. The van der Waals surface area contributed by atoms with Gasteiger partial charge in [0.2, 0.25) is 5.91 Å². The molecule has 1 aliphatic rings. The van der Waals surface area contributed by atoms with Crippen molar-refractivity contribution in [2.24, 2.45) is 0 Å². The van der Waals surface area contributed by atoms with Crippen LogP contribution in [0, 0.1) is 0 Å². The zero-order chi connectivity index (χ0) is 14.0. The summed E-state index contributed by atoms with van der Waals surface area (Å²) in [6.45, 7) is 7.64. The normalized spacial score (nSPS) is 23.3. The molecule has 104 valence electrons. The van der Waals surface area contributed by atoms with Crippen LogP contribution in [0.3, 0.4) is 0 Å². The Balaban J connectivity index is 2.45. The largest absolute Gasteiger partial charge is 0.496 e. The first-order valence-corrected chi connectivity index (χ1v) is 6.71. The number of carbonyl (C=O) groups is 1. The fraction of sp³-hybridized carbons (Fsp3) is 0.533. The minimum Gasteiger partial charge on any atom is -0.496 e. The van der Waals surface area contributed by atoms with Gasteiger partial charge in [-0.3, -0.25) is 10.1 Å². The summed E-state index contributed by atoms with van der Waals surface area (Å²) in [7, 11) is 1.67. The summed E-state index contributed by atoms with van der Waals surface area (Å²) in [5.41, 5.74) is 1.45. The lowest BCUT2D eigenvalue weighted by molar-refractivity contribution is -0.128. The van der Waals surface area contributed by atoms with Gasteiger partial charge in [-0.15, -0.1) is 0 Å². The molecule has 19 heavy (non-hydrogen) atoms. The Morgan fingerprint density at radius 2 is 2.05 bits per heavy atom. The van der Waals surface area contributed by atoms with E-state index >= 15 is 0 Å². The van der Waals surface area contributed by atoms with Crippen LogP contribution in [-0.4, -0.2) is 26.1 Å². The Morgan fingerprint density at radius 3 is 2.63 bits per heavy atom. The molecule has 0 bridgehead atoms. The van der Waals surface area contributed by atoms with Crippen LogP contribution in [0.4, 0.5) is 0 Å². The van der Waals surface area contributed by atoms with Crippen molar-refractivity contribution < 1.29 is 9.53 Å². The van der Waals surface area contributed by atoms with E-state index < -0.39 is 5.54 Å². The number of amides is 1. The first kappa shape index (κ1) is 13.9. The monoisotopic (exact) mass is 262 g/mol. The molecular weight excluding hydrogens is 240 g/mol. The standard InChI is InChI=1S/C15H22N2O2/c1-10(2)12-9-11(5-6-13(12)19-4)15(3)14(18)16-7-8-17-15/h5-6,9-10,17H,7-8H2,1-4H3,(H,16,18). The Kier molecular flexibility index (Phi) is 3.80. The third kappa shape index (κ3) is 2.45. The van der Waals surface area contributed by atoms with Gasteiger partial charge in [0, 0.05) is 13.1 Å². The summed E-state index contributed by atoms with van der Waals surface area (Å²) in [5, 5.41) is 6.23. The van der Waals surface area contributed by atoms with Gasteiger partial charge in [-0.1, -0.05) is 19.9 Å². The second-order valence-corrected chi connectivity index (χ2v) is 5.42. The van der Waals surface area contributed by atoms with Crippen LogP contribution in [0.25, 0.3) is 0 Å². The number of ether oxygens (including phenoxy) is 1. The molecule has 0 radical (unpaired) electrons. The Hall–Kier alpha value is -1.55. The van der Waals surface area contributed by atoms with E-state index in [1.807, 2.05) is 19.1 Å². The van der Waals surface area contributed by atoms with Crippen LogP contribution in [0.5, 0.6) is 5.75 Å². The van der Waals surface area contributed by atoms with Crippen LogP contribution in [0.2, 0.25) is 0 Å². The lowest BCUT2D eigenvalue weighted by Crippen LogP contribution is -2.59. The average molecular weight is 262 g/mol. The van der Waals surface area contributed by atoms with Crippen molar-refractivity contribution in [1.82, 2.24) is 10.6 Å². The molecule has 4 nitrogen and oxygen atoms in total. The highest BCUT2D eigenvalue weighted by atomic mass is 16.5. The molecule has 1 unspecified atom stereocenters. The molecule has 2 rings (SSSR count). The minimum absolute atomic E-state index is 0.0265. The van der Waals surface area contributed by atoms with E-state index in [0.717, 1.165) is 23.4 Å². The molecule has 0 spiro atoms. The van der Waals surface area contributed by atoms with E-state index in [2.05, 4.69) is 30.5 Å². The smallest absolute Gasteiger partial charge is 0.244 e. The van der Waals surface area contributed by atoms with Gasteiger partial charge in [0.1, 0.15) is 11.3 Å². The maximum Gasteiger partial charge on any atom is 0.244 e. The van der Waals surface area contributed by atoms with Gasteiger partial charge in [-0.2, -0.15) is 0 Å². The summed E-state index contributed by atoms with van der Waals surface area (Å²) in [6, 6.07) is 5.98. The summed E-state index contributed by atoms with van der Waals surface area (Å²) in [4.78, 5) is 12.1. The summed E-state index contributed by atoms with van der Waals surface area (Å²) in [6.07, 6.45) is 0. The van der Waals surface area contributed by atoms with Crippen molar-refractivity contribution in [1.29, 1.82) is 0 Å². The van der Waals surface area contributed by atoms with Crippen LogP contribution < -0.4 is 15.4 Å². The quantitative estimate of drug-likeness (QED) is 0.872. The molecule has 1 aliphatic heterocycles. The van der Waals surface area contributed by atoms with Gasteiger partial charge >= 0.3 is 0 Å². The van der Waals surface area contributed by atoms with E-state index in [1.54, 1.807) is 7.11 Å². The van der Waals surface area contributed by atoms with Crippen LogP contribution in [-0.2, 0) is 10.3 Å². The Morgan fingerprint density at radius 1 is 1.32 bits per heavy atom. The van der Waals surface area contributed by atoms with Crippen LogP contribution in [0.15, 0.2) is 18.2 Å². The molecule has 1 amide bonds. The average Bonchev–Trinajstić information content (AvgIpc) is 2.41. The predicted octanol–water partition coefficient (Wildman–Crippen LogP) is 1.75. The van der Waals surface area contributed by atoms with E-state index in [-0.39, 0.29) is 5.91 Å². The maximum atomic E-state index is 12.1. The van der Waals surface area contributed by atoms with E-state index in [0.29, 0.717) is 12.5 Å². The van der Waals surface area contributed by atoms with Crippen molar-refractivity contribution >= 4 is 5.91 Å². The van der Waals surface area contributed by atoms with Gasteiger partial charge in [0.25, 0.3) is 0 Å². The first-order chi connectivity index (χ1) is 8.99. The molecule has 0 saturated carbocycles. The van der Waals surface area contributed by atoms with Crippen molar-refractivity contribution in [2.75, 3.05) is 20.2 Å². The molecule has 1 aromatic carbocycles. The molecule has 4 heteroatoms. The van der Waals surface area contributed by atoms with Crippen LogP contribution in [0.1, 0.15) is 37.8 Å². The highest BCUT2D eigenvalue weighted by Gasteiger charge is 2.37. The molecular formula is C15H22N2O2. The molecule has 1 aromatic rings. The van der Waals surface area contributed by atoms with Gasteiger partial charge < -0.3 is 10.1 Å². The summed E-state index contributed by atoms with van der Waals surface area (Å²) in [5.74, 6) is 1.25. The van der Waals surface area contributed by atoms with Crippen molar-refractivity contribution in [3.8, 4) is 5.75 Å². The molecule has 0 aliphatic carbocycles. The first-order valence-electron chi connectivity index (χ1n) is 6.71. The second-order valence-electron chi connectivity index (χ2n) is 5.42. The lowest BCUT2D eigenvalue weighted by atomic mass is 9.86. The lowest BCUT2D eigenvalue weighted by Gasteiger charge is -2.34. The Labute approximate surface area is 114 Å². The summed E-state index contributed by atoms with van der Waals surface area (Å²) >= 11 is 0. The van der Waals surface area contributed by atoms with Gasteiger partial charge in [0.05, 0.1) is 7.11 Å². The highest BCUT2D eigenvalue weighted by molar-refractivity contribution is 5.88. The second kappa shape index (κ2) is 5.21. The highest BCUT2D eigenvalue weighted by Crippen LogP contribution is 2.32. The summed E-state index contributed by atoms with van der Waals surface area (Å²) < 4.78 is 5.39. The third-order valence-corrected chi connectivity index (χ3v) is 3.77. The number of methoxy groups -OCH3 is 1. The topological polar surface area (TPSA) is 50.4 Å². The number of rotatable bonds is 3. The molecule has 0 aromatic heterocycles. The van der Waals surface area contributed by atoms with Gasteiger partial charge in [0.15, 0.2) is 0 Å². The SMILES string of the molecule is COc1ccc(C2(C)NCCNC2=O)cc1C(C)C. The molecule has 1 heterocycles. The fourth-order valence-electron chi connectivity index (χ4n) is 2.48. The zero-order valence-electron chi connectivity index (χ0n) is 12.0. The number of hydrogen-bond acceptors (Lipinski definition) is 3. The number of piperazine rings is 1. The third-order valence-electron chi connectivity index (χ3n) is 3.77. The fourth-order valence-corrected chi connectivity index (χ4v) is 2.48. The zero-order valence-corrected chi connectivity index (χ0v) is 12.0. The van der Waals surface area contributed by atoms with E-state index in [4.69, 9.17) is 4.74 Å². The minimum atomic E-state index is -0.659. The van der Waals surface area contributed by atoms with Crippen molar-refractivity contribution in [3.05, 3.63) is 29.3 Å².